The first kappa shape index (κ1) is 13.3. The third kappa shape index (κ3) is 2.14. The number of aryl methyl sites for hydroxylation is 1. The maximum atomic E-state index is 12.8. The minimum atomic E-state index is 0.0943. The van der Waals surface area contributed by atoms with E-state index in [1.54, 1.807) is 0 Å². The average Bonchev–Trinajstić information content (AvgIpc) is 3.01. The van der Waals surface area contributed by atoms with Crippen molar-refractivity contribution in [3.63, 3.8) is 0 Å². The Balaban J connectivity index is 1.95. The zero-order valence-electron chi connectivity index (χ0n) is 12.0. The molecule has 0 saturated carbocycles. The molecule has 3 rings (SSSR count). The van der Waals surface area contributed by atoms with Crippen LogP contribution in [0, 0.1) is 6.92 Å². The minimum Gasteiger partial charge on any atom is -0.307 e. The van der Waals surface area contributed by atoms with Gasteiger partial charge in [-0.2, -0.15) is 0 Å². The van der Waals surface area contributed by atoms with Gasteiger partial charge in [-0.1, -0.05) is 32.0 Å². The molecule has 2 heterocycles. The van der Waals surface area contributed by atoms with Crippen LogP contribution in [-0.4, -0.2) is 17.4 Å². The number of carbonyl (C=O) groups excluding carboxylic acids is 1. The summed E-state index contributed by atoms with van der Waals surface area (Å²) >= 11 is 1.53. The molecule has 0 fully saturated rings. The lowest BCUT2D eigenvalue weighted by molar-refractivity contribution is 0.0992. The van der Waals surface area contributed by atoms with Crippen molar-refractivity contribution in [1.82, 2.24) is 4.98 Å². The molecule has 0 spiro atoms. The second-order valence-corrected chi connectivity index (χ2v) is 6.49. The van der Waals surface area contributed by atoms with E-state index >= 15 is 0 Å². The van der Waals surface area contributed by atoms with Crippen molar-refractivity contribution >= 4 is 22.9 Å². The van der Waals surface area contributed by atoms with Crippen LogP contribution in [0.2, 0.25) is 0 Å². The summed E-state index contributed by atoms with van der Waals surface area (Å²) in [5.41, 5.74) is 3.16. The number of aromatic nitrogens is 1. The molecule has 1 aliphatic heterocycles. The number of hydrogen-bond acceptors (Lipinski definition) is 3. The number of carbonyl (C=O) groups is 1. The SMILES string of the molecule is Cc1nc(C(C)C)sc1C(=O)N1CCc2ccccc21. The highest BCUT2D eigenvalue weighted by molar-refractivity contribution is 7.14. The second kappa shape index (κ2) is 5.02. The van der Waals surface area contributed by atoms with E-state index in [0.717, 1.165) is 34.2 Å². The Morgan fingerprint density at radius 3 is 2.80 bits per heavy atom. The highest BCUT2D eigenvalue weighted by Crippen LogP contribution is 2.32. The van der Waals surface area contributed by atoms with Crippen LogP contribution < -0.4 is 4.90 Å². The number of fused-ring (bicyclic) bond motifs is 1. The van der Waals surface area contributed by atoms with Gasteiger partial charge in [-0.3, -0.25) is 4.79 Å². The van der Waals surface area contributed by atoms with E-state index in [4.69, 9.17) is 0 Å². The molecule has 2 aromatic rings. The molecule has 1 aromatic heterocycles. The first-order chi connectivity index (χ1) is 9.58. The lowest BCUT2D eigenvalue weighted by Crippen LogP contribution is -2.28. The van der Waals surface area contributed by atoms with Crippen LogP contribution in [0.3, 0.4) is 0 Å². The standard InChI is InChI=1S/C16H18N2OS/c1-10(2)15-17-11(3)14(20-15)16(19)18-9-8-12-6-4-5-7-13(12)18/h4-7,10H,8-9H2,1-3H3. The van der Waals surface area contributed by atoms with Crippen LogP contribution in [0.25, 0.3) is 0 Å². The summed E-state index contributed by atoms with van der Waals surface area (Å²) in [7, 11) is 0. The molecule has 0 aliphatic carbocycles. The van der Waals surface area contributed by atoms with E-state index in [1.807, 2.05) is 30.0 Å². The Hall–Kier alpha value is -1.68. The Labute approximate surface area is 123 Å². The van der Waals surface area contributed by atoms with Gasteiger partial charge in [-0.25, -0.2) is 4.98 Å². The molecule has 1 amide bonds. The molecule has 0 radical (unpaired) electrons. The van der Waals surface area contributed by atoms with Gasteiger partial charge in [0.2, 0.25) is 0 Å². The molecule has 104 valence electrons. The molecule has 0 atom stereocenters. The van der Waals surface area contributed by atoms with Crippen molar-refractivity contribution in [1.29, 1.82) is 0 Å². The topological polar surface area (TPSA) is 33.2 Å². The monoisotopic (exact) mass is 286 g/mol. The molecule has 0 unspecified atom stereocenters. The zero-order chi connectivity index (χ0) is 14.3. The minimum absolute atomic E-state index is 0.0943. The summed E-state index contributed by atoms with van der Waals surface area (Å²) in [6, 6.07) is 8.15. The Bertz CT molecular complexity index is 660. The summed E-state index contributed by atoms with van der Waals surface area (Å²) in [5, 5.41) is 1.04. The summed E-state index contributed by atoms with van der Waals surface area (Å²) < 4.78 is 0. The number of amides is 1. The average molecular weight is 286 g/mol. The van der Waals surface area contributed by atoms with Crippen LogP contribution in [0.4, 0.5) is 5.69 Å². The number of nitrogens with zero attached hydrogens (tertiary/aromatic N) is 2. The van der Waals surface area contributed by atoms with E-state index in [-0.39, 0.29) is 5.91 Å². The van der Waals surface area contributed by atoms with E-state index in [1.165, 1.54) is 16.9 Å². The van der Waals surface area contributed by atoms with Crippen LogP contribution in [0.15, 0.2) is 24.3 Å². The predicted molar refractivity (Wildman–Crippen MR) is 82.8 cm³/mol. The Morgan fingerprint density at radius 1 is 1.35 bits per heavy atom. The maximum Gasteiger partial charge on any atom is 0.270 e. The number of para-hydroxylation sites is 1. The molecule has 0 N–H and O–H groups in total. The summed E-state index contributed by atoms with van der Waals surface area (Å²) in [6.45, 7) is 6.92. The van der Waals surface area contributed by atoms with Crippen molar-refractivity contribution in [2.24, 2.45) is 0 Å². The summed E-state index contributed by atoms with van der Waals surface area (Å²) in [4.78, 5) is 20.0. The highest BCUT2D eigenvalue weighted by atomic mass is 32.1. The van der Waals surface area contributed by atoms with Crippen molar-refractivity contribution in [2.45, 2.75) is 33.1 Å². The quantitative estimate of drug-likeness (QED) is 0.841. The molecule has 1 aliphatic rings. The van der Waals surface area contributed by atoms with Gasteiger partial charge >= 0.3 is 0 Å². The highest BCUT2D eigenvalue weighted by Gasteiger charge is 2.28. The molecule has 20 heavy (non-hydrogen) atoms. The fraction of sp³-hybridized carbons (Fsp3) is 0.375. The van der Waals surface area contributed by atoms with Gasteiger partial charge in [0.05, 0.1) is 10.7 Å². The van der Waals surface area contributed by atoms with Gasteiger partial charge in [0.25, 0.3) is 5.91 Å². The third-order valence-electron chi connectivity index (χ3n) is 3.63. The van der Waals surface area contributed by atoms with Gasteiger partial charge in [0.1, 0.15) is 4.88 Å². The number of rotatable bonds is 2. The number of thiazole rings is 1. The molecular formula is C16H18N2OS. The van der Waals surface area contributed by atoms with Gasteiger partial charge in [-0.15, -0.1) is 11.3 Å². The largest absolute Gasteiger partial charge is 0.307 e. The Morgan fingerprint density at radius 2 is 2.10 bits per heavy atom. The van der Waals surface area contributed by atoms with E-state index in [9.17, 15) is 4.79 Å². The summed E-state index contributed by atoms with van der Waals surface area (Å²) in [5.74, 6) is 0.461. The molecule has 4 heteroatoms. The fourth-order valence-electron chi connectivity index (χ4n) is 2.53. The van der Waals surface area contributed by atoms with Crippen molar-refractivity contribution in [2.75, 3.05) is 11.4 Å². The predicted octanol–water partition coefficient (Wildman–Crippen LogP) is 3.78. The molecule has 3 nitrogen and oxygen atoms in total. The lowest BCUT2D eigenvalue weighted by atomic mass is 10.2. The van der Waals surface area contributed by atoms with E-state index in [0.29, 0.717) is 5.92 Å². The molecule has 1 aromatic carbocycles. The van der Waals surface area contributed by atoms with Crippen LogP contribution in [0.5, 0.6) is 0 Å². The maximum absolute atomic E-state index is 12.8. The van der Waals surface area contributed by atoms with Crippen LogP contribution in [0.1, 0.15) is 45.7 Å². The van der Waals surface area contributed by atoms with Crippen molar-refractivity contribution in [3.05, 3.63) is 45.4 Å². The number of hydrogen-bond donors (Lipinski definition) is 0. The third-order valence-corrected chi connectivity index (χ3v) is 5.08. The van der Waals surface area contributed by atoms with Crippen molar-refractivity contribution in [3.8, 4) is 0 Å². The number of anilines is 1. The van der Waals surface area contributed by atoms with Crippen molar-refractivity contribution < 1.29 is 4.79 Å². The van der Waals surface area contributed by atoms with Crippen LogP contribution in [-0.2, 0) is 6.42 Å². The molecule has 0 saturated heterocycles. The van der Waals surface area contributed by atoms with Gasteiger partial charge in [0, 0.05) is 18.2 Å². The number of benzene rings is 1. The summed E-state index contributed by atoms with van der Waals surface area (Å²) in [6.07, 6.45) is 0.941. The smallest absolute Gasteiger partial charge is 0.270 e. The lowest BCUT2D eigenvalue weighted by Gasteiger charge is -2.16. The first-order valence-electron chi connectivity index (χ1n) is 6.95. The molecule has 0 bridgehead atoms. The second-order valence-electron chi connectivity index (χ2n) is 5.46. The van der Waals surface area contributed by atoms with E-state index < -0.39 is 0 Å². The first-order valence-corrected chi connectivity index (χ1v) is 7.76. The van der Waals surface area contributed by atoms with E-state index in [2.05, 4.69) is 24.9 Å². The van der Waals surface area contributed by atoms with Gasteiger partial charge in [0.15, 0.2) is 0 Å². The Kier molecular flexibility index (Phi) is 3.34. The molecular weight excluding hydrogens is 268 g/mol. The van der Waals surface area contributed by atoms with Gasteiger partial charge in [-0.05, 0) is 25.0 Å². The fourth-order valence-corrected chi connectivity index (χ4v) is 3.55. The van der Waals surface area contributed by atoms with Crippen LogP contribution >= 0.6 is 11.3 Å². The zero-order valence-corrected chi connectivity index (χ0v) is 12.8. The van der Waals surface area contributed by atoms with Gasteiger partial charge < -0.3 is 4.90 Å². The normalized spacial score (nSPS) is 13.9.